The molecule has 1 aromatic heterocycles. The van der Waals surface area contributed by atoms with Crippen LogP contribution < -0.4 is 10.6 Å². The van der Waals surface area contributed by atoms with Gasteiger partial charge in [0.15, 0.2) is 11.0 Å². The molecule has 0 atom stereocenters. The first-order chi connectivity index (χ1) is 7.08. The monoisotopic (exact) mass is 228 g/mol. The van der Waals surface area contributed by atoms with E-state index in [4.69, 9.17) is 11.6 Å². The number of carbonyl (C=O) groups is 2. The third-order valence-corrected chi connectivity index (χ3v) is 1.60. The summed E-state index contributed by atoms with van der Waals surface area (Å²) in [5.41, 5.74) is 0. The van der Waals surface area contributed by atoms with Crippen molar-refractivity contribution in [2.24, 2.45) is 0 Å². The standard InChI is InChI=1S/C8H9ClN4O2/c1-5(14)10-4-8(15)11-7-3-2-6(9)12-13-7/h2-3H,4H2,1H3,(H,10,14)(H,11,13,15). The van der Waals surface area contributed by atoms with Crippen LogP contribution in [-0.4, -0.2) is 28.6 Å². The Kier molecular flexibility index (Phi) is 3.99. The summed E-state index contributed by atoms with van der Waals surface area (Å²) >= 11 is 5.51. The van der Waals surface area contributed by atoms with Gasteiger partial charge < -0.3 is 10.6 Å². The van der Waals surface area contributed by atoms with E-state index in [1.807, 2.05) is 0 Å². The lowest BCUT2D eigenvalue weighted by Gasteiger charge is -2.03. The van der Waals surface area contributed by atoms with Crippen molar-refractivity contribution in [1.29, 1.82) is 0 Å². The van der Waals surface area contributed by atoms with Crippen molar-refractivity contribution in [3.05, 3.63) is 17.3 Å². The molecule has 6 nitrogen and oxygen atoms in total. The second-order valence-electron chi connectivity index (χ2n) is 2.70. The Morgan fingerprint density at radius 1 is 1.40 bits per heavy atom. The number of nitrogens with one attached hydrogen (secondary N) is 2. The minimum absolute atomic E-state index is 0.0976. The molecule has 1 rings (SSSR count). The van der Waals surface area contributed by atoms with E-state index in [1.54, 1.807) is 0 Å². The Morgan fingerprint density at radius 3 is 2.67 bits per heavy atom. The highest BCUT2D eigenvalue weighted by atomic mass is 35.5. The second kappa shape index (κ2) is 5.26. The topological polar surface area (TPSA) is 84.0 Å². The second-order valence-corrected chi connectivity index (χ2v) is 3.09. The van der Waals surface area contributed by atoms with E-state index in [1.165, 1.54) is 19.1 Å². The summed E-state index contributed by atoms with van der Waals surface area (Å²) in [5.74, 6) is -0.357. The smallest absolute Gasteiger partial charge is 0.244 e. The van der Waals surface area contributed by atoms with E-state index in [0.29, 0.717) is 0 Å². The van der Waals surface area contributed by atoms with Crippen LogP contribution in [0.1, 0.15) is 6.92 Å². The number of aromatic nitrogens is 2. The highest BCUT2D eigenvalue weighted by Crippen LogP contribution is 2.05. The number of amides is 2. The van der Waals surface area contributed by atoms with Gasteiger partial charge in [-0.1, -0.05) is 11.6 Å². The van der Waals surface area contributed by atoms with Gasteiger partial charge in [0.1, 0.15) is 0 Å². The molecule has 0 spiro atoms. The molecule has 80 valence electrons. The molecular weight excluding hydrogens is 220 g/mol. The summed E-state index contributed by atoms with van der Waals surface area (Å²) in [4.78, 5) is 21.7. The van der Waals surface area contributed by atoms with Gasteiger partial charge in [-0.2, -0.15) is 0 Å². The van der Waals surface area contributed by atoms with Gasteiger partial charge in [0.05, 0.1) is 6.54 Å². The summed E-state index contributed by atoms with van der Waals surface area (Å²) < 4.78 is 0. The van der Waals surface area contributed by atoms with Crippen LogP contribution in [0.25, 0.3) is 0 Å². The van der Waals surface area contributed by atoms with Crippen LogP contribution >= 0.6 is 11.6 Å². The molecule has 7 heteroatoms. The molecule has 2 N–H and O–H groups in total. The van der Waals surface area contributed by atoms with Crippen LogP contribution in [-0.2, 0) is 9.59 Å². The van der Waals surface area contributed by atoms with Crippen LogP contribution in [0.4, 0.5) is 5.82 Å². The van der Waals surface area contributed by atoms with Gasteiger partial charge in [-0.05, 0) is 12.1 Å². The summed E-state index contributed by atoms with van der Waals surface area (Å²) in [6, 6.07) is 3.02. The van der Waals surface area contributed by atoms with Crippen LogP contribution in [0.5, 0.6) is 0 Å². The maximum Gasteiger partial charge on any atom is 0.244 e. The van der Waals surface area contributed by atoms with Gasteiger partial charge in [-0.15, -0.1) is 10.2 Å². The maximum absolute atomic E-state index is 11.2. The van der Waals surface area contributed by atoms with Gasteiger partial charge >= 0.3 is 0 Å². The molecule has 1 aromatic rings. The lowest BCUT2D eigenvalue weighted by Crippen LogP contribution is -2.31. The number of hydrogen-bond acceptors (Lipinski definition) is 4. The molecule has 0 radical (unpaired) electrons. The average molecular weight is 229 g/mol. The number of rotatable bonds is 3. The largest absolute Gasteiger partial charge is 0.347 e. The Hall–Kier alpha value is -1.69. The zero-order valence-corrected chi connectivity index (χ0v) is 8.71. The van der Waals surface area contributed by atoms with Crippen LogP contribution in [0.15, 0.2) is 12.1 Å². The third-order valence-electron chi connectivity index (χ3n) is 1.40. The lowest BCUT2D eigenvalue weighted by atomic mass is 10.5. The molecule has 0 saturated carbocycles. The summed E-state index contributed by atoms with van der Waals surface area (Å²) in [5, 5.41) is 12.2. The Bertz CT molecular complexity index is 365. The van der Waals surface area contributed by atoms with Crippen molar-refractivity contribution in [2.45, 2.75) is 6.92 Å². The fourth-order valence-corrected chi connectivity index (χ4v) is 0.875. The van der Waals surface area contributed by atoms with Gasteiger partial charge in [0, 0.05) is 6.92 Å². The van der Waals surface area contributed by atoms with E-state index in [-0.39, 0.29) is 29.3 Å². The van der Waals surface area contributed by atoms with Crippen molar-refractivity contribution < 1.29 is 9.59 Å². The van der Waals surface area contributed by atoms with E-state index in [2.05, 4.69) is 20.8 Å². The van der Waals surface area contributed by atoms with E-state index in [0.717, 1.165) is 0 Å². The maximum atomic E-state index is 11.2. The molecule has 0 aromatic carbocycles. The number of carbonyl (C=O) groups excluding carboxylic acids is 2. The average Bonchev–Trinajstić information content (AvgIpc) is 2.19. The number of nitrogens with zero attached hydrogens (tertiary/aromatic N) is 2. The summed E-state index contributed by atoms with van der Waals surface area (Å²) in [6.07, 6.45) is 0. The van der Waals surface area contributed by atoms with Crippen molar-refractivity contribution in [3.63, 3.8) is 0 Å². The molecule has 0 aliphatic heterocycles. The molecule has 0 bridgehead atoms. The van der Waals surface area contributed by atoms with E-state index in [9.17, 15) is 9.59 Å². The van der Waals surface area contributed by atoms with E-state index < -0.39 is 0 Å². The van der Waals surface area contributed by atoms with Gasteiger partial charge in [-0.25, -0.2) is 0 Å². The predicted octanol–water partition coefficient (Wildman–Crippen LogP) is 0.205. The molecule has 0 aliphatic carbocycles. The van der Waals surface area contributed by atoms with Crippen molar-refractivity contribution >= 4 is 29.2 Å². The molecular formula is C8H9ClN4O2. The first-order valence-corrected chi connectivity index (χ1v) is 4.49. The van der Waals surface area contributed by atoms with Crippen molar-refractivity contribution in [3.8, 4) is 0 Å². The Morgan fingerprint density at radius 2 is 2.13 bits per heavy atom. The number of anilines is 1. The number of halogens is 1. The summed E-state index contributed by atoms with van der Waals surface area (Å²) in [7, 11) is 0. The van der Waals surface area contributed by atoms with Crippen molar-refractivity contribution in [1.82, 2.24) is 15.5 Å². The quantitative estimate of drug-likeness (QED) is 0.774. The molecule has 0 unspecified atom stereocenters. The van der Waals surface area contributed by atoms with Gasteiger partial charge in [-0.3, -0.25) is 9.59 Å². The van der Waals surface area contributed by atoms with Crippen LogP contribution in [0, 0.1) is 0 Å². The predicted molar refractivity (Wildman–Crippen MR) is 54.4 cm³/mol. The van der Waals surface area contributed by atoms with Crippen LogP contribution in [0.2, 0.25) is 5.15 Å². The van der Waals surface area contributed by atoms with Crippen molar-refractivity contribution in [2.75, 3.05) is 11.9 Å². The normalized spacial score (nSPS) is 9.47. The number of hydrogen-bond donors (Lipinski definition) is 2. The van der Waals surface area contributed by atoms with Crippen LogP contribution in [0.3, 0.4) is 0 Å². The first-order valence-electron chi connectivity index (χ1n) is 4.11. The fraction of sp³-hybridized carbons (Fsp3) is 0.250. The fourth-order valence-electron chi connectivity index (χ4n) is 0.774. The van der Waals surface area contributed by atoms with Gasteiger partial charge in [0.25, 0.3) is 0 Å². The molecule has 0 fully saturated rings. The lowest BCUT2D eigenvalue weighted by molar-refractivity contribution is -0.122. The minimum atomic E-state index is -0.373. The van der Waals surface area contributed by atoms with Gasteiger partial charge in [0.2, 0.25) is 11.8 Å². The molecule has 2 amide bonds. The Labute approximate surface area is 91.0 Å². The first kappa shape index (κ1) is 11.4. The van der Waals surface area contributed by atoms with E-state index >= 15 is 0 Å². The zero-order valence-electron chi connectivity index (χ0n) is 7.95. The molecule has 15 heavy (non-hydrogen) atoms. The highest BCUT2D eigenvalue weighted by Gasteiger charge is 2.03. The zero-order chi connectivity index (χ0) is 11.3. The summed E-state index contributed by atoms with van der Waals surface area (Å²) in [6.45, 7) is 1.23. The molecule has 0 saturated heterocycles. The molecule has 1 heterocycles. The Balaban J connectivity index is 2.44. The SMILES string of the molecule is CC(=O)NCC(=O)Nc1ccc(Cl)nn1. The minimum Gasteiger partial charge on any atom is -0.347 e. The molecule has 0 aliphatic rings. The third kappa shape index (κ3) is 4.37. The highest BCUT2D eigenvalue weighted by molar-refractivity contribution is 6.29.